The molecule has 2 aliphatic rings. The number of rotatable bonds is 5. The van der Waals surface area contributed by atoms with Gasteiger partial charge >= 0.3 is 5.97 Å². The maximum Gasteiger partial charge on any atom is 0.312 e. The highest BCUT2D eigenvalue weighted by Crippen LogP contribution is 2.57. The van der Waals surface area contributed by atoms with E-state index in [1.165, 1.54) is 0 Å². The summed E-state index contributed by atoms with van der Waals surface area (Å²) in [5.41, 5.74) is 0.732. The summed E-state index contributed by atoms with van der Waals surface area (Å²) in [5, 5.41) is 13.3. The molecule has 1 saturated heterocycles. The summed E-state index contributed by atoms with van der Waals surface area (Å²) in [6.07, 6.45) is 2.60. The highest BCUT2D eigenvalue weighted by Gasteiger charge is 2.60. The minimum absolute atomic E-state index is 0.0794. The van der Waals surface area contributed by atoms with E-state index in [0.717, 1.165) is 24.8 Å². The Morgan fingerprint density at radius 2 is 2.09 bits per heavy atom. The van der Waals surface area contributed by atoms with Gasteiger partial charge in [0.2, 0.25) is 0 Å². The molecule has 0 spiro atoms. The van der Waals surface area contributed by atoms with Crippen molar-refractivity contribution in [1.82, 2.24) is 0 Å². The average Bonchev–Trinajstić information content (AvgIpc) is 3.25. The number of nitrogens with zero attached hydrogens (tertiary/aromatic N) is 1. The number of ether oxygens (including phenoxy) is 1. The van der Waals surface area contributed by atoms with Crippen LogP contribution in [0.25, 0.3) is 0 Å². The van der Waals surface area contributed by atoms with Crippen molar-refractivity contribution in [2.75, 3.05) is 19.7 Å². The lowest BCUT2D eigenvalue weighted by molar-refractivity contribution is -0.899. The third-order valence-electron chi connectivity index (χ3n) is 5.63. The van der Waals surface area contributed by atoms with Crippen molar-refractivity contribution in [1.29, 1.82) is 0 Å². The monoisotopic (exact) mass is 303 g/mol. The molecule has 0 radical (unpaired) electrons. The van der Waals surface area contributed by atoms with Gasteiger partial charge in [-0.25, -0.2) is 0 Å². The molecule has 0 aromatic heterocycles. The van der Waals surface area contributed by atoms with Gasteiger partial charge in [-0.2, -0.15) is 0 Å². The van der Waals surface area contributed by atoms with Crippen LogP contribution in [0, 0.1) is 16.5 Å². The molecule has 1 heterocycles. The van der Waals surface area contributed by atoms with Crippen LogP contribution in [0.1, 0.15) is 44.7 Å². The number of hydroxylamine groups is 3. The molecule has 3 atom stereocenters. The van der Waals surface area contributed by atoms with E-state index in [9.17, 15) is 10.0 Å². The maximum atomic E-state index is 13.3. The van der Waals surface area contributed by atoms with Crippen LogP contribution in [0.4, 0.5) is 0 Å². The van der Waals surface area contributed by atoms with Gasteiger partial charge in [0.05, 0.1) is 25.1 Å². The SMILES string of the molecule is CCOC(=O)C1(C2CC[N+]([O-])([C@@H](C)c3ccccc3)C2)CC1. The van der Waals surface area contributed by atoms with Crippen molar-refractivity contribution in [3.63, 3.8) is 0 Å². The Bertz CT molecular complexity index is 541. The van der Waals surface area contributed by atoms with Crippen LogP contribution in [0.5, 0.6) is 0 Å². The zero-order chi connectivity index (χ0) is 15.8. The van der Waals surface area contributed by atoms with E-state index in [2.05, 4.69) is 0 Å². The lowest BCUT2D eigenvalue weighted by Gasteiger charge is -2.45. The fourth-order valence-corrected chi connectivity index (χ4v) is 3.92. The van der Waals surface area contributed by atoms with Gasteiger partial charge in [0.1, 0.15) is 6.04 Å². The first kappa shape index (κ1) is 15.5. The second kappa shape index (κ2) is 5.67. The first-order chi connectivity index (χ1) is 10.5. The Hall–Kier alpha value is -1.39. The molecule has 0 bridgehead atoms. The van der Waals surface area contributed by atoms with Crippen molar-refractivity contribution in [3.8, 4) is 0 Å². The van der Waals surface area contributed by atoms with E-state index < -0.39 is 0 Å². The van der Waals surface area contributed by atoms with Crippen molar-refractivity contribution >= 4 is 5.97 Å². The summed E-state index contributed by atoms with van der Waals surface area (Å²) in [6.45, 7) is 5.41. The van der Waals surface area contributed by atoms with Gasteiger partial charge in [-0.1, -0.05) is 30.3 Å². The fraction of sp³-hybridized carbons (Fsp3) is 0.611. The number of benzene rings is 1. The molecule has 0 amide bonds. The van der Waals surface area contributed by atoms with Gasteiger partial charge in [-0.05, 0) is 26.7 Å². The van der Waals surface area contributed by atoms with Gasteiger partial charge in [0.25, 0.3) is 0 Å². The molecule has 1 aromatic carbocycles. The van der Waals surface area contributed by atoms with E-state index >= 15 is 0 Å². The Morgan fingerprint density at radius 1 is 1.41 bits per heavy atom. The summed E-state index contributed by atoms with van der Waals surface area (Å²) in [4.78, 5) is 12.2. The van der Waals surface area contributed by atoms with E-state index in [4.69, 9.17) is 4.74 Å². The molecule has 1 aliphatic heterocycles. The van der Waals surface area contributed by atoms with Gasteiger partial charge < -0.3 is 14.6 Å². The minimum atomic E-state index is -0.350. The molecule has 4 nitrogen and oxygen atoms in total. The predicted octanol–water partition coefficient (Wildman–Crippen LogP) is 3.43. The normalized spacial score (nSPS) is 30.8. The molecule has 4 heteroatoms. The summed E-state index contributed by atoms with van der Waals surface area (Å²) < 4.78 is 5.03. The third kappa shape index (κ3) is 2.55. The van der Waals surface area contributed by atoms with E-state index in [0.29, 0.717) is 19.7 Å². The molecule has 1 aromatic rings. The highest BCUT2D eigenvalue weighted by molar-refractivity contribution is 5.80. The largest absolute Gasteiger partial charge is 0.632 e. The molecule has 22 heavy (non-hydrogen) atoms. The smallest absolute Gasteiger partial charge is 0.312 e. The van der Waals surface area contributed by atoms with Crippen molar-refractivity contribution in [2.45, 2.75) is 39.2 Å². The average molecular weight is 303 g/mol. The molecule has 0 N–H and O–H groups in total. The van der Waals surface area contributed by atoms with Crippen molar-refractivity contribution < 1.29 is 14.2 Å². The Balaban J connectivity index is 1.73. The first-order valence-corrected chi connectivity index (χ1v) is 8.32. The van der Waals surface area contributed by atoms with E-state index in [1.54, 1.807) is 0 Å². The van der Waals surface area contributed by atoms with Crippen LogP contribution in [0.2, 0.25) is 0 Å². The zero-order valence-electron chi connectivity index (χ0n) is 13.5. The number of carbonyl (C=O) groups is 1. The topological polar surface area (TPSA) is 49.4 Å². The Kier molecular flexibility index (Phi) is 4.00. The maximum absolute atomic E-state index is 13.3. The quantitative estimate of drug-likeness (QED) is 0.476. The molecule has 1 aliphatic carbocycles. The van der Waals surface area contributed by atoms with Crippen LogP contribution in [0.3, 0.4) is 0 Å². The molecule has 2 fully saturated rings. The summed E-state index contributed by atoms with van der Waals surface area (Å²) in [6, 6.07) is 9.89. The van der Waals surface area contributed by atoms with Gasteiger partial charge in [-0.3, -0.25) is 4.79 Å². The number of likely N-dealkylation sites (tertiary alicyclic amines) is 1. The van der Waals surface area contributed by atoms with Crippen LogP contribution >= 0.6 is 0 Å². The Morgan fingerprint density at radius 3 is 2.68 bits per heavy atom. The van der Waals surface area contributed by atoms with Crippen molar-refractivity contribution in [2.24, 2.45) is 11.3 Å². The second-order valence-electron chi connectivity index (χ2n) is 6.81. The summed E-state index contributed by atoms with van der Waals surface area (Å²) >= 11 is 0. The van der Waals surface area contributed by atoms with Gasteiger partial charge in [0, 0.05) is 17.9 Å². The predicted molar refractivity (Wildman–Crippen MR) is 84.6 cm³/mol. The molecule has 1 saturated carbocycles. The van der Waals surface area contributed by atoms with Crippen LogP contribution in [-0.4, -0.2) is 30.3 Å². The molecular weight excluding hydrogens is 278 g/mol. The minimum Gasteiger partial charge on any atom is -0.632 e. The Labute approximate surface area is 132 Å². The zero-order valence-corrected chi connectivity index (χ0v) is 13.5. The van der Waals surface area contributed by atoms with E-state index in [1.807, 2.05) is 44.2 Å². The number of hydrogen-bond donors (Lipinski definition) is 0. The van der Waals surface area contributed by atoms with Crippen LogP contribution in [-0.2, 0) is 9.53 Å². The lowest BCUT2D eigenvalue weighted by atomic mass is 9.88. The molecule has 3 rings (SSSR count). The first-order valence-electron chi connectivity index (χ1n) is 8.32. The van der Waals surface area contributed by atoms with Gasteiger partial charge in [0.15, 0.2) is 0 Å². The number of esters is 1. The lowest BCUT2D eigenvalue weighted by Crippen LogP contribution is -2.43. The van der Waals surface area contributed by atoms with Gasteiger partial charge in [-0.15, -0.1) is 0 Å². The molecular formula is C18H25NO3. The second-order valence-corrected chi connectivity index (χ2v) is 6.81. The number of carbonyl (C=O) groups excluding carboxylic acids is 1. The van der Waals surface area contributed by atoms with Crippen LogP contribution < -0.4 is 0 Å². The third-order valence-corrected chi connectivity index (χ3v) is 5.63. The standard InChI is InChI=1S/C18H25NO3/c1-3-22-17(20)18(10-11-18)16-9-12-19(21,13-16)14(2)15-7-5-4-6-8-15/h4-8,14,16H,3,9-13H2,1-2H3/t14-,16?,19?/m0/s1. The number of quaternary nitrogens is 1. The number of hydrogen-bond acceptors (Lipinski definition) is 3. The van der Waals surface area contributed by atoms with Crippen molar-refractivity contribution in [3.05, 3.63) is 41.1 Å². The highest BCUT2D eigenvalue weighted by atomic mass is 16.6. The fourth-order valence-electron chi connectivity index (χ4n) is 3.92. The molecule has 2 unspecified atom stereocenters. The molecule has 120 valence electrons. The summed E-state index contributed by atoms with van der Waals surface area (Å²) in [5.74, 6) is 0.0935. The van der Waals surface area contributed by atoms with E-state index in [-0.39, 0.29) is 28.0 Å². The summed E-state index contributed by atoms with van der Waals surface area (Å²) in [7, 11) is 0. The van der Waals surface area contributed by atoms with Crippen LogP contribution in [0.15, 0.2) is 30.3 Å².